The van der Waals surface area contributed by atoms with Crippen LogP contribution in [0.1, 0.15) is 11.3 Å². The van der Waals surface area contributed by atoms with Gasteiger partial charge in [0.15, 0.2) is 0 Å². The van der Waals surface area contributed by atoms with E-state index in [0.29, 0.717) is 6.54 Å². The number of ether oxygens (including phenoxy) is 1. The highest BCUT2D eigenvalue weighted by molar-refractivity contribution is 7.10. The predicted molar refractivity (Wildman–Crippen MR) is 63.0 cm³/mol. The lowest BCUT2D eigenvalue weighted by Crippen LogP contribution is -2.24. The molecule has 0 saturated heterocycles. The van der Waals surface area contributed by atoms with Crippen LogP contribution < -0.4 is 5.32 Å². The normalized spacial score (nSPS) is 10.3. The molecule has 0 saturated carbocycles. The minimum Gasteiger partial charge on any atom is -0.469 e. The molecule has 4 nitrogen and oxygen atoms in total. The lowest BCUT2D eigenvalue weighted by molar-refractivity contribution is -0.140. The third-order valence-electron chi connectivity index (χ3n) is 1.80. The molecule has 0 atom stereocenters. The third-order valence-corrected chi connectivity index (χ3v) is 2.64. The Labute approximate surface area is 97.9 Å². The lowest BCUT2D eigenvalue weighted by atomic mass is 10.4. The minimum atomic E-state index is -0.331. The molecule has 1 aromatic rings. The Morgan fingerprint density at radius 3 is 3.00 bits per heavy atom. The van der Waals surface area contributed by atoms with Crippen molar-refractivity contribution in [3.05, 3.63) is 28.5 Å². The Balaban J connectivity index is 2.23. The number of methoxy groups -OCH3 is 1. The second kappa shape index (κ2) is 6.79. The molecular weight excluding hydrogens is 226 g/mol. The summed E-state index contributed by atoms with van der Waals surface area (Å²) >= 11 is 1.56. The molecule has 0 aliphatic heterocycles. The smallest absolute Gasteiger partial charge is 0.307 e. The summed E-state index contributed by atoms with van der Waals surface area (Å²) in [6.45, 7) is 0.292. The van der Waals surface area contributed by atoms with E-state index in [-0.39, 0.29) is 18.3 Å². The summed E-state index contributed by atoms with van der Waals surface area (Å²) in [4.78, 5) is 23.0. The number of thiophene rings is 1. The van der Waals surface area contributed by atoms with Crippen molar-refractivity contribution in [2.45, 2.75) is 6.42 Å². The topological polar surface area (TPSA) is 55.4 Å². The molecule has 5 heteroatoms. The molecule has 0 fully saturated rings. The third kappa shape index (κ3) is 4.75. The van der Waals surface area contributed by atoms with Gasteiger partial charge in [-0.05, 0) is 17.5 Å². The average molecular weight is 239 g/mol. The van der Waals surface area contributed by atoms with Crippen molar-refractivity contribution >= 4 is 29.3 Å². The quantitative estimate of drug-likeness (QED) is 0.625. The van der Waals surface area contributed by atoms with Crippen molar-refractivity contribution < 1.29 is 14.3 Å². The monoisotopic (exact) mass is 239 g/mol. The Kier molecular flexibility index (Phi) is 5.28. The second-order valence-electron chi connectivity index (χ2n) is 2.97. The highest BCUT2D eigenvalue weighted by atomic mass is 32.1. The van der Waals surface area contributed by atoms with Crippen LogP contribution in [0.4, 0.5) is 0 Å². The van der Waals surface area contributed by atoms with Crippen LogP contribution in [0.2, 0.25) is 0 Å². The van der Waals surface area contributed by atoms with Gasteiger partial charge in [0.25, 0.3) is 0 Å². The van der Waals surface area contributed by atoms with E-state index in [1.807, 2.05) is 17.5 Å². The lowest BCUT2D eigenvalue weighted by Gasteiger charge is -2.00. The fourth-order valence-electron chi connectivity index (χ4n) is 0.993. The minimum absolute atomic E-state index is 0.190. The van der Waals surface area contributed by atoms with Crippen LogP contribution in [0.5, 0.6) is 0 Å². The molecular formula is C11H13NO3S. The summed E-state index contributed by atoms with van der Waals surface area (Å²) in [6, 6.07) is 3.84. The maximum Gasteiger partial charge on any atom is 0.307 e. The van der Waals surface area contributed by atoms with Crippen LogP contribution in [-0.2, 0) is 14.3 Å². The Morgan fingerprint density at radius 1 is 1.56 bits per heavy atom. The van der Waals surface area contributed by atoms with Gasteiger partial charge < -0.3 is 10.1 Å². The second-order valence-corrected chi connectivity index (χ2v) is 3.95. The summed E-state index contributed by atoms with van der Waals surface area (Å²) in [5.41, 5.74) is 0. The Hall–Kier alpha value is -1.62. The first-order valence-electron chi connectivity index (χ1n) is 4.78. The van der Waals surface area contributed by atoms with Crippen LogP contribution >= 0.6 is 11.3 Å². The van der Waals surface area contributed by atoms with Gasteiger partial charge in [0.05, 0.1) is 13.5 Å². The fraction of sp³-hybridized carbons (Fsp3) is 0.273. The summed E-state index contributed by atoms with van der Waals surface area (Å²) in [5, 5.41) is 4.53. The highest BCUT2D eigenvalue weighted by Gasteiger charge is 2.00. The fourth-order valence-corrected chi connectivity index (χ4v) is 1.61. The zero-order valence-electron chi connectivity index (χ0n) is 8.93. The molecule has 86 valence electrons. The van der Waals surface area contributed by atoms with E-state index >= 15 is 0 Å². The Bertz CT molecular complexity index is 371. The SMILES string of the molecule is COC(=O)CCNC(=O)/C=C/c1cccs1. The molecule has 1 rings (SSSR count). The molecule has 1 amide bonds. The van der Waals surface area contributed by atoms with E-state index in [0.717, 1.165) is 4.88 Å². The molecule has 0 unspecified atom stereocenters. The predicted octanol–water partition coefficient (Wildman–Crippen LogP) is 1.44. The number of nitrogens with one attached hydrogen (secondary N) is 1. The van der Waals surface area contributed by atoms with E-state index in [2.05, 4.69) is 10.1 Å². The van der Waals surface area contributed by atoms with Crippen molar-refractivity contribution in [2.24, 2.45) is 0 Å². The number of amides is 1. The number of hydrogen-bond acceptors (Lipinski definition) is 4. The molecule has 0 spiro atoms. The average Bonchev–Trinajstić information content (AvgIpc) is 2.79. The zero-order chi connectivity index (χ0) is 11.8. The van der Waals surface area contributed by atoms with E-state index in [1.165, 1.54) is 13.2 Å². The number of carbonyl (C=O) groups excluding carboxylic acids is 2. The highest BCUT2D eigenvalue weighted by Crippen LogP contribution is 2.09. The van der Waals surface area contributed by atoms with Gasteiger partial charge in [0.2, 0.25) is 5.91 Å². The molecule has 1 N–H and O–H groups in total. The standard InChI is InChI=1S/C11H13NO3S/c1-15-11(14)6-7-12-10(13)5-4-9-3-2-8-16-9/h2-5,8H,6-7H2,1H3,(H,12,13)/b5-4+. The van der Waals surface area contributed by atoms with Crippen LogP contribution in [0.3, 0.4) is 0 Å². The van der Waals surface area contributed by atoms with E-state index in [9.17, 15) is 9.59 Å². The Morgan fingerprint density at radius 2 is 2.38 bits per heavy atom. The molecule has 0 bridgehead atoms. The van der Waals surface area contributed by atoms with Crippen LogP contribution in [-0.4, -0.2) is 25.5 Å². The van der Waals surface area contributed by atoms with E-state index in [4.69, 9.17) is 0 Å². The van der Waals surface area contributed by atoms with Crippen LogP contribution in [0.25, 0.3) is 6.08 Å². The summed E-state index contributed by atoms with van der Waals surface area (Å²) in [7, 11) is 1.32. The number of rotatable bonds is 5. The van der Waals surface area contributed by atoms with Gasteiger partial charge in [0, 0.05) is 17.5 Å². The number of esters is 1. The van der Waals surface area contributed by atoms with Crippen LogP contribution in [0, 0.1) is 0 Å². The van der Waals surface area contributed by atoms with Gasteiger partial charge in [-0.25, -0.2) is 0 Å². The molecule has 0 aliphatic rings. The molecule has 16 heavy (non-hydrogen) atoms. The number of carbonyl (C=O) groups is 2. The molecule has 0 radical (unpaired) electrons. The van der Waals surface area contributed by atoms with Crippen molar-refractivity contribution in [3.8, 4) is 0 Å². The first-order valence-corrected chi connectivity index (χ1v) is 5.66. The summed E-state index contributed by atoms with van der Waals surface area (Å²) in [5.74, 6) is -0.542. The van der Waals surface area contributed by atoms with E-state index < -0.39 is 0 Å². The maximum atomic E-state index is 11.3. The van der Waals surface area contributed by atoms with Crippen LogP contribution in [0.15, 0.2) is 23.6 Å². The molecule has 1 heterocycles. The van der Waals surface area contributed by atoms with Crippen molar-refractivity contribution in [2.75, 3.05) is 13.7 Å². The molecule has 0 aliphatic carbocycles. The van der Waals surface area contributed by atoms with Gasteiger partial charge in [-0.15, -0.1) is 11.3 Å². The first-order chi connectivity index (χ1) is 7.72. The van der Waals surface area contributed by atoms with Gasteiger partial charge in [-0.3, -0.25) is 9.59 Å². The van der Waals surface area contributed by atoms with Gasteiger partial charge in [-0.2, -0.15) is 0 Å². The van der Waals surface area contributed by atoms with E-state index in [1.54, 1.807) is 17.4 Å². The summed E-state index contributed by atoms with van der Waals surface area (Å²) < 4.78 is 4.44. The van der Waals surface area contributed by atoms with Crippen molar-refractivity contribution in [1.82, 2.24) is 5.32 Å². The van der Waals surface area contributed by atoms with Crippen molar-refractivity contribution in [1.29, 1.82) is 0 Å². The van der Waals surface area contributed by atoms with Gasteiger partial charge >= 0.3 is 5.97 Å². The largest absolute Gasteiger partial charge is 0.469 e. The number of hydrogen-bond donors (Lipinski definition) is 1. The zero-order valence-corrected chi connectivity index (χ0v) is 9.75. The first kappa shape index (κ1) is 12.4. The molecule has 1 aromatic heterocycles. The van der Waals surface area contributed by atoms with Crippen molar-refractivity contribution in [3.63, 3.8) is 0 Å². The summed E-state index contributed by atoms with van der Waals surface area (Å²) in [6.07, 6.45) is 3.37. The van der Waals surface area contributed by atoms with Gasteiger partial charge in [-0.1, -0.05) is 6.07 Å². The maximum absolute atomic E-state index is 11.3. The molecule has 0 aromatic carbocycles. The van der Waals surface area contributed by atoms with Gasteiger partial charge in [0.1, 0.15) is 0 Å².